The Morgan fingerprint density at radius 2 is 1.70 bits per heavy atom. The lowest BCUT2D eigenvalue weighted by Crippen LogP contribution is -2.60. The first kappa shape index (κ1) is 27.2. The van der Waals surface area contributed by atoms with Gasteiger partial charge in [0.15, 0.2) is 9.75 Å². The molecule has 7 nitrogen and oxygen atoms in total. The molecule has 3 fully saturated rings. The Kier molecular flexibility index (Phi) is 6.33. The summed E-state index contributed by atoms with van der Waals surface area (Å²) in [6, 6.07) is 9.06. The Balaban J connectivity index is 1.57. The van der Waals surface area contributed by atoms with E-state index in [4.69, 9.17) is 34.8 Å². The summed E-state index contributed by atoms with van der Waals surface area (Å²) in [7, 11) is 0. The maximum Gasteiger partial charge on any atom is 0.258 e. The van der Waals surface area contributed by atoms with Crippen LogP contribution in [0, 0.1) is 23.6 Å². The molecule has 1 N–H and O–H groups in total. The summed E-state index contributed by atoms with van der Waals surface area (Å²) in [4.78, 5) is 53.1. The number of anilines is 1. The van der Waals surface area contributed by atoms with Crippen LogP contribution < -0.4 is 4.90 Å². The summed E-state index contributed by atoms with van der Waals surface area (Å²) in [5.41, 5.74) is 0.800. The molecule has 2 aliphatic carbocycles. The van der Waals surface area contributed by atoms with E-state index in [0.29, 0.717) is 12.0 Å². The minimum absolute atomic E-state index is 0.0796. The summed E-state index contributed by atoms with van der Waals surface area (Å²) in [5, 5.41) is 11.2. The quantitative estimate of drug-likeness (QED) is 0.295. The second kappa shape index (κ2) is 9.29. The zero-order chi connectivity index (χ0) is 28.7. The zero-order valence-corrected chi connectivity index (χ0v) is 23.5. The SMILES string of the molecule is CCCN1C(=O)[C@H]2[C@H](CC=C3[C@H]2C[C@@]2(Cl)C(=O)N(c4ccc(F)cc4)C(=O)[C@@]2(Cl)[C@H]3c2cc(Cl)ccc2O)C1=O. The van der Waals surface area contributed by atoms with Crippen LogP contribution in [0.4, 0.5) is 10.1 Å². The number of carbonyl (C=O) groups is 4. The Hall–Kier alpha value is -2.94. The van der Waals surface area contributed by atoms with E-state index in [2.05, 4.69) is 0 Å². The number of carbonyl (C=O) groups excluding carboxylic acids is 4. The molecule has 2 saturated heterocycles. The first-order valence-corrected chi connectivity index (χ1v) is 14.1. The van der Waals surface area contributed by atoms with Gasteiger partial charge in [-0.2, -0.15) is 0 Å². The van der Waals surface area contributed by atoms with Crippen LogP contribution in [0.3, 0.4) is 0 Å². The summed E-state index contributed by atoms with van der Waals surface area (Å²) in [6.45, 7) is 2.14. The van der Waals surface area contributed by atoms with Crippen LogP contribution >= 0.6 is 34.8 Å². The molecule has 6 rings (SSSR count). The van der Waals surface area contributed by atoms with Crippen LogP contribution in [0.15, 0.2) is 54.1 Å². The molecule has 2 aromatic rings. The molecule has 0 unspecified atom stereocenters. The number of aromatic hydroxyl groups is 1. The molecular formula is C29H24Cl3FN2O5. The molecular weight excluding hydrogens is 582 g/mol. The molecule has 40 heavy (non-hydrogen) atoms. The van der Waals surface area contributed by atoms with Crippen molar-refractivity contribution in [3.63, 3.8) is 0 Å². The Morgan fingerprint density at radius 1 is 1.00 bits per heavy atom. The third-order valence-electron chi connectivity index (χ3n) is 8.74. The molecule has 4 amide bonds. The fourth-order valence-corrected chi connectivity index (χ4v) is 8.12. The Bertz CT molecular complexity index is 1510. The smallest absolute Gasteiger partial charge is 0.258 e. The van der Waals surface area contributed by atoms with Gasteiger partial charge in [-0.3, -0.25) is 24.1 Å². The van der Waals surface area contributed by atoms with E-state index in [0.717, 1.165) is 17.0 Å². The van der Waals surface area contributed by atoms with Crippen molar-refractivity contribution in [1.29, 1.82) is 0 Å². The number of rotatable bonds is 4. The van der Waals surface area contributed by atoms with Gasteiger partial charge in [-0.05, 0) is 67.6 Å². The van der Waals surface area contributed by atoms with E-state index in [9.17, 15) is 28.7 Å². The summed E-state index contributed by atoms with van der Waals surface area (Å²) in [6.07, 6.45) is 2.41. The molecule has 0 aromatic heterocycles. The van der Waals surface area contributed by atoms with Crippen molar-refractivity contribution in [3.8, 4) is 5.75 Å². The number of benzene rings is 2. The average molecular weight is 606 g/mol. The van der Waals surface area contributed by atoms with Crippen molar-refractivity contribution in [2.24, 2.45) is 17.8 Å². The van der Waals surface area contributed by atoms with E-state index >= 15 is 0 Å². The molecule has 11 heteroatoms. The number of allylic oxidation sites excluding steroid dienone is 2. The summed E-state index contributed by atoms with van der Waals surface area (Å²) in [5.74, 6) is -6.38. The Morgan fingerprint density at radius 3 is 2.38 bits per heavy atom. The second-order valence-corrected chi connectivity index (χ2v) is 12.5. The van der Waals surface area contributed by atoms with Gasteiger partial charge in [0.05, 0.1) is 17.5 Å². The van der Waals surface area contributed by atoms with Crippen LogP contribution in [0.2, 0.25) is 5.02 Å². The lowest BCUT2D eigenvalue weighted by Gasteiger charge is -2.50. The van der Waals surface area contributed by atoms with E-state index in [1.807, 2.05) is 6.92 Å². The molecule has 2 aliphatic heterocycles. The first-order chi connectivity index (χ1) is 19.0. The highest BCUT2D eigenvalue weighted by Gasteiger charge is 2.76. The monoisotopic (exact) mass is 604 g/mol. The number of phenols is 1. The standard InChI is InChI=1S/C29H24Cl3FN2O5/c1-2-11-34-24(37)18-9-8-17-20(22(18)25(34)38)13-28(31)26(39)35(16-6-4-15(33)5-7-16)27(40)29(28,32)23(17)19-12-14(30)3-10-21(19)36/h3-8,10,12,18,20,22-23,36H,2,9,11,13H2,1H3/t18-,20+,22-,23+,28+,29-/m0/s1. The van der Waals surface area contributed by atoms with Crippen molar-refractivity contribution < 1.29 is 28.7 Å². The largest absolute Gasteiger partial charge is 0.508 e. The van der Waals surface area contributed by atoms with Crippen LogP contribution in [-0.2, 0) is 19.2 Å². The van der Waals surface area contributed by atoms with Gasteiger partial charge >= 0.3 is 0 Å². The normalized spacial score (nSPS) is 33.2. The number of hydrogen-bond donors (Lipinski definition) is 1. The molecule has 208 valence electrons. The van der Waals surface area contributed by atoms with Crippen molar-refractivity contribution in [3.05, 3.63) is 70.5 Å². The average Bonchev–Trinajstić information content (AvgIpc) is 3.25. The van der Waals surface area contributed by atoms with Gasteiger partial charge in [0, 0.05) is 23.0 Å². The summed E-state index contributed by atoms with van der Waals surface area (Å²) >= 11 is 20.8. The predicted molar refractivity (Wildman–Crippen MR) is 147 cm³/mol. The predicted octanol–water partition coefficient (Wildman–Crippen LogP) is 5.16. The number of fused-ring (bicyclic) bond motifs is 4. The number of alkyl halides is 2. The number of hydrogen-bond acceptors (Lipinski definition) is 5. The van der Waals surface area contributed by atoms with Crippen LogP contribution in [0.1, 0.15) is 37.7 Å². The topological polar surface area (TPSA) is 95.0 Å². The van der Waals surface area contributed by atoms with Crippen molar-refractivity contribution in [2.75, 3.05) is 11.4 Å². The fraction of sp³-hybridized carbons (Fsp3) is 0.379. The fourth-order valence-electron chi connectivity index (χ4n) is 7.01. The van der Waals surface area contributed by atoms with Crippen molar-refractivity contribution in [2.45, 2.75) is 41.9 Å². The van der Waals surface area contributed by atoms with Gasteiger partial charge in [0.2, 0.25) is 11.8 Å². The number of likely N-dealkylation sites (tertiary alicyclic amines) is 1. The lowest BCUT2D eigenvalue weighted by atomic mass is 9.56. The molecule has 1 saturated carbocycles. The minimum Gasteiger partial charge on any atom is -0.508 e. The van der Waals surface area contributed by atoms with Crippen LogP contribution in [-0.4, -0.2) is 49.9 Å². The van der Waals surface area contributed by atoms with Crippen molar-refractivity contribution >= 4 is 64.1 Å². The van der Waals surface area contributed by atoms with Gasteiger partial charge in [-0.1, -0.05) is 30.2 Å². The zero-order valence-electron chi connectivity index (χ0n) is 21.2. The molecule has 2 heterocycles. The van der Waals surface area contributed by atoms with Crippen molar-refractivity contribution in [1.82, 2.24) is 4.90 Å². The van der Waals surface area contributed by atoms with Gasteiger partial charge in [0.1, 0.15) is 11.6 Å². The molecule has 0 radical (unpaired) electrons. The molecule has 6 atom stereocenters. The lowest BCUT2D eigenvalue weighted by molar-refractivity contribution is -0.140. The van der Waals surface area contributed by atoms with E-state index in [1.54, 1.807) is 6.08 Å². The highest BCUT2D eigenvalue weighted by molar-refractivity contribution is 6.58. The molecule has 4 aliphatic rings. The first-order valence-electron chi connectivity index (χ1n) is 13.0. The van der Waals surface area contributed by atoms with Crippen LogP contribution in [0.5, 0.6) is 5.75 Å². The minimum atomic E-state index is -2.13. The van der Waals surface area contributed by atoms with Gasteiger partial charge < -0.3 is 5.11 Å². The maximum absolute atomic E-state index is 14.2. The third-order valence-corrected chi connectivity index (χ3v) is 10.4. The Labute approximate surface area is 244 Å². The second-order valence-electron chi connectivity index (χ2n) is 10.8. The third kappa shape index (κ3) is 3.48. The number of phenolic OH excluding ortho intramolecular Hbond substituents is 1. The number of halogens is 4. The van der Waals surface area contributed by atoms with Gasteiger partial charge in [-0.25, -0.2) is 9.29 Å². The number of nitrogens with zero attached hydrogens (tertiary/aromatic N) is 2. The molecule has 0 bridgehead atoms. The highest BCUT2D eigenvalue weighted by Crippen LogP contribution is 2.66. The van der Waals surface area contributed by atoms with E-state index in [1.165, 1.54) is 35.2 Å². The number of imide groups is 2. The van der Waals surface area contributed by atoms with E-state index in [-0.39, 0.29) is 53.2 Å². The maximum atomic E-state index is 14.2. The van der Waals surface area contributed by atoms with Crippen LogP contribution in [0.25, 0.3) is 0 Å². The molecule has 0 spiro atoms. The highest BCUT2D eigenvalue weighted by atomic mass is 35.5. The number of amides is 4. The van der Waals surface area contributed by atoms with Gasteiger partial charge in [0.25, 0.3) is 11.8 Å². The molecule has 2 aromatic carbocycles. The van der Waals surface area contributed by atoms with E-state index < -0.39 is 51.1 Å². The summed E-state index contributed by atoms with van der Waals surface area (Å²) < 4.78 is 13.7. The van der Waals surface area contributed by atoms with Gasteiger partial charge in [-0.15, -0.1) is 23.2 Å².